The van der Waals surface area contributed by atoms with Crippen LogP contribution >= 0.6 is 0 Å². The maximum atomic E-state index is 12.5. The van der Waals surface area contributed by atoms with Crippen LogP contribution in [0.1, 0.15) is 29.8 Å². The van der Waals surface area contributed by atoms with Crippen LogP contribution in [-0.4, -0.2) is 39.3 Å². The Hall–Kier alpha value is -1.44. The summed E-state index contributed by atoms with van der Waals surface area (Å²) in [5.74, 6) is -1.12. The molecule has 1 aromatic carbocycles. The van der Waals surface area contributed by atoms with Gasteiger partial charge in [0.2, 0.25) is 10.0 Å². The highest BCUT2D eigenvalue weighted by Gasteiger charge is 2.24. The Balaban J connectivity index is 3.18. The Bertz CT molecular complexity index is 610. The lowest BCUT2D eigenvalue weighted by atomic mass is 10.1. The van der Waals surface area contributed by atoms with Crippen LogP contribution in [0.25, 0.3) is 0 Å². The summed E-state index contributed by atoms with van der Waals surface area (Å²) in [5, 5.41) is 8.98. The van der Waals surface area contributed by atoms with E-state index < -0.39 is 16.0 Å². The van der Waals surface area contributed by atoms with E-state index in [4.69, 9.17) is 9.84 Å². The normalized spacial score (nSPS) is 13.4. The molecule has 1 aromatic rings. The summed E-state index contributed by atoms with van der Waals surface area (Å²) in [5.41, 5.74) is 0.432. The van der Waals surface area contributed by atoms with Crippen molar-refractivity contribution in [2.75, 3.05) is 13.7 Å². The summed E-state index contributed by atoms with van der Waals surface area (Å²) in [6, 6.07) is 3.65. The number of hydrogen-bond donors (Lipinski definition) is 2. The van der Waals surface area contributed by atoms with Crippen LogP contribution in [0.15, 0.2) is 23.1 Å². The summed E-state index contributed by atoms with van der Waals surface area (Å²) in [6.07, 6.45) is 0. The number of nitrogens with one attached hydrogen (secondary N) is 1. The average molecular weight is 315 g/mol. The first kappa shape index (κ1) is 17.6. The third-order valence-corrected chi connectivity index (χ3v) is 4.81. The van der Waals surface area contributed by atoms with Gasteiger partial charge in [-0.25, -0.2) is 17.9 Å². The van der Waals surface area contributed by atoms with Crippen LogP contribution in [-0.2, 0) is 14.8 Å². The number of sulfonamides is 1. The molecule has 0 spiro atoms. The molecule has 0 fully saturated rings. The Morgan fingerprint density at radius 2 is 2.00 bits per heavy atom. The lowest BCUT2D eigenvalue weighted by Gasteiger charge is -2.22. The van der Waals surface area contributed by atoms with E-state index in [9.17, 15) is 13.2 Å². The van der Waals surface area contributed by atoms with Gasteiger partial charge in [0, 0.05) is 13.2 Å². The molecule has 0 radical (unpaired) electrons. The van der Waals surface area contributed by atoms with Crippen LogP contribution in [0.3, 0.4) is 0 Å². The number of methoxy groups -OCH3 is 1. The molecule has 7 heteroatoms. The van der Waals surface area contributed by atoms with Crippen molar-refractivity contribution in [2.24, 2.45) is 5.92 Å². The number of carbonyl (C=O) groups is 1. The lowest BCUT2D eigenvalue weighted by Crippen LogP contribution is -2.41. The van der Waals surface area contributed by atoms with Crippen molar-refractivity contribution in [3.8, 4) is 0 Å². The molecule has 0 aliphatic rings. The minimum atomic E-state index is -3.81. The molecule has 21 heavy (non-hydrogen) atoms. The molecule has 0 aliphatic heterocycles. The number of carboxylic acids is 1. The highest BCUT2D eigenvalue weighted by Crippen LogP contribution is 2.18. The summed E-state index contributed by atoms with van der Waals surface area (Å²) in [4.78, 5) is 11.0. The van der Waals surface area contributed by atoms with Gasteiger partial charge in [-0.2, -0.15) is 0 Å². The molecule has 1 atom stereocenters. The first-order valence-corrected chi connectivity index (χ1v) is 8.02. The molecule has 1 rings (SSSR count). The highest BCUT2D eigenvalue weighted by atomic mass is 32.2. The van der Waals surface area contributed by atoms with Crippen molar-refractivity contribution < 1.29 is 23.1 Å². The van der Waals surface area contributed by atoms with Gasteiger partial charge in [-0.3, -0.25) is 0 Å². The molecule has 0 bridgehead atoms. The van der Waals surface area contributed by atoms with Crippen molar-refractivity contribution in [1.29, 1.82) is 0 Å². The number of benzene rings is 1. The Kier molecular flexibility index (Phi) is 5.88. The third-order valence-electron chi connectivity index (χ3n) is 3.18. The quantitative estimate of drug-likeness (QED) is 0.798. The second-order valence-electron chi connectivity index (χ2n) is 5.21. The van der Waals surface area contributed by atoms with Gasteiger partial charge in [-0.05, 0) is 30.5 Å². The second kappa shape index (κ2) is 7.02. The zero-order valence-electron chi connectivity index (χ0n) is 12.6. The average Bonchev–Trinajstić information content (AvgIpc) is 2.37. The summed E-state index contributed by atoms with van der Waals surface area (Å²) >= 11 is 0. The van der Waals surface area contributed by atoms with Crippen molar-refractivity contribution in [1.82, 2.24) is 4.72 Å². The van der Waals surface area contributed by atoms with Gasteiger partial charge >= 0.3 is 5.97 Å². The van der Waals surface area contributed by atoms with Gasteiger partial charge in [0.1, 0.15) is 0 Å². The molecule has 2 N–H and O–H groups in total. The van der Waals surface area contributed by atoms with Crippen molar-refractivity contribution >= 4 is 16.0 Å². The maximum Gasteiger partial charge on any atom is 0.335 e. The fourth-order valence-corrected chi connectivity index (χ4v) is 3.47. The van der Waals surface area contributed by atoms with E-state index in [-0.39, 0.29) is 29.0 Å². The predicted molar refractivity (Wildman–Crippen MR) is 79.0 cm³/mol. The fraction of sp³-hybridized carbons (Fsp3) is 0.500. The standard InChI is InChI=1S/C14H21NO5S/c1-9(2)12(8-20-4)15-21(18,19)13-7-11(14(16)17)6-5-10(13)3/h5-7,9,12,15H,8H2,1-4H3,(H,16,17). The zero-order valence-corrected chi connectivity index (χ0v) is 13.4. The number of carboxylic acid groups (broad SMARTS) is 1. The number of hydrogen-bond acceptors (Lipinski definition) is 4. The van der Waals surface area contributed by atoms with Crippen LogP contribution < -0.4 is 4.72 Å². The van der Waals surface area contributed by atoms with Crippen molar-refractivity contribution in [3.05, 3.63) is 29.3 Å². The highest BCUT2D eigenvalue weighted by molar-refractivity contribution is 7.89. The number of ether oxygens (including phenoxy) is 1. The van der Waals surface area contributed by atoms with E-state index >= 15 is 0 Å². The van der Waals surface area contributed by atoms with Gasteiger partial charge in [0.15, 0.2) is 0 Å². The van der Waals surface area contributed by atoms with Crippen LogP contribution in [0.4, 0.5) is 0 Å². The molecule has 0 heterocycles. The molecule has 1 unspecified atom stereocenters. The first-order valence-electron chi connectivity index (χ1n) is 6.54. The molecule has 0 saturated carbocycles. The third kappa shape index (κ3) is 4.52. The van der Waals surface area contributed by atoms with Crippen molar-refractivity contribution in [3.63, 3.8) is 0 Å². The van der Waals surface area contributed by atoms with Crippen molar-refractivity contribution in [2.45, 2.75) is 31.7 Å². The monoisotopic (exact) mass is 315 g/mol. The minimum absolute atomic E-state index is 0.0239. The van der Waals surface area contributed by atoms with E-state index in [0.29, 0.717) is 5.56 Å². The molecule has 0 aromatic heterocycles. The van der Waals surface area contributed by atoms with Gasteiger partial charge in [-0.1, -0.05) is 19.9 Å². The van der Waals surface area contributed by atoms with E-state index in [1.165, 1.54) is 25.3 Å². The molecule has 118 valence electrons. The zero-order chi connectivity index (χ0) is 16.2. The van der Waals surface area contributed by atoms with Crippen LogP contribution in [0.5, 0.6) is 0 Å². The second-order valence-corrected chi connectivity index (χ2v) is 6.89. The largest absolute Gasteiger partial charge is 0.478 e. The van der Waals surface area contributed by atoms with Gasteiger partial charge in [0.25, 0.3) is 0 Å². The first-order chi connectivity index (χ1) is 9.69. The predicted octanol–water partition coefficient (Wildman–Crippen LogP) is 1.64. The van der Waals surface area contributed by atoms with E-state index in [1.54, 1.807) is 6.92 Å². The van der Waals surface area contributed by atoms with E-state index in [1.807, 2.05) is 13.8 Å². The molecule has 6 nitrogen and oxygen atoms in total. The molecular formula is C14H21NO5S. The SMILES string of the molecule is COCC(NS(=O)(=O)c1cc(C(=O)O)ccc1C)C(C)C. The van der Waals surface area contributed by atoms with Crippen LogP contribution in [0.2, 0.25) is 0 Å². The fourth-order valence-electron chi connectivity index (χ4n) is 1.83. The number of aryl methyl sites for hydroxylation is 1. The number of rotatable bonds is 7. The molecular weight excluding hydrogens is 294 g/mol. The van der Waals surface area contributed by atoms with E-state index in [0.717, 1.165) is 0 Å². The number of aromatic carboxylic acids is 1. The lowest BCUT2D eigenvalue weighted by molar-refractivity contribution is 0.0696. The van der Waals surface area contributed by atoms with Gasteiger partial charge in [-0.15, -0.1) is 0 Å². The maximum absolute atomic E-state index is 12.5. The molecule has 0 amide bonds. The molecule has 0 aliphatic carbocycles. The smallest absolute Gasteiger partial charge is 0.335 e. The Labute approximate surface area is 125 Å². The summed E-state index contributed by atoms with van der Waals surface area (Å²) in [6.45, 7) is 5.63. The van der Waals surface area contributed by atoms with Crippen LogP contribution in [0, 0.1) is 12.8 Å². The van der Waals surface area contributed by atoms with Gasteiger partial charge < -0.3 is 9.84 Å². The molecule has 0 saturated heterocycles. The Morgan fingerprint density at radius 3 is 2.48 bits per heavy atom. The Morgan fingerprint density at radius 1 is 1.38 bits per heavy atom. The minimum Gasteiger partial charge on any atom is -0.478 e. The van der Waals surface area contributed by atoms with E-state index in [2.05, 4.69) is 4.72 Å². The topological polar surface area (TPSA) is 92.7 Å². The summed E-state index contributed by atoms with van der Waals surface area (Å²) < 4.78 is 32.5. The summed E-state index contributed by atoms with van der Waals surface area (Å²) in [7, 11) is -2.31. The van der Waals surface area contributed by atoms with Gasteiger partial charge in [0.05, 0.1) is 17.1 Å².